The highest BCUT2D eigenvalue weighted by Crippen LogP contribution is 2.55. The third-order valence-electron chi connectivity index (χ3n) is 4.61. The topological polar surface area (TPSA) is 118 Å². The molecule has 1 aliphatic heterocycles. The number of rotatable bonds is 4. The zero-order chi connectivity index (χ0) is 21.5. The molecule has 30 heavy (non-hydrogen) atoms. The van der Waals surface area contributed by atoms with Gasteiger partial charge in [0.25, 0.3) is 0 Å². The van der Waals surface area contributed by atoms with Gasteiger partial charge >= 0.3 is 7.60 Å². The Labute approximate surface area is 178 Å². The average molecular weight is 447 g/mol. The van der Waals surface area contributed by atoms with Crippen molar-refractivity contribution in [3.8, 4) is 11.5 Å². The highest BCUT2D eigenvalue weighted by atomic mass is 32.1. The molecule has 4 rings (SSSR count). The quantitative estimate of drug-likeness (QED) is 0.455. The molecule has 1 unspecified atom stereocenters. The van der Waals surface area contributed by atoms with Crippen LogP contribution in [0.5, 0.6) is 0 Å². The molecule has 0 amide bonds. The van der Waals surface area contributed by atoms with Crippen LogP contribution in [0.3, 0.4) is 0 Å². The molecule has 2 N–H and O–H groups in total. The third-order valence-corrected chi connectivity index (χ3v) is 7.33. The molecule has 158 valence electrons. The molecule has 4 heterocycles. The molecule has 0 radical (unpaired) electrons. The summed E-state index contributed by atoms with van der Waals surface area (Å²) in [4.78, 5) is 21.5. The number of hydrogen-bond acceptors (Lipinski definition) is 9. The molecule has 0 aliphatic carbocycles. The molecule has 2 atom stereocenters. The van der Waals surface area contributed by atoms with E-state index in [1.807, 2.05) is 32.9 Å². The van der Waals surface area contributed by atoms with Crippen molar-refractivity contribution >= 4 is 35.3 Å². The third kappa shape index (κ3) is 3.98. The maximum absolute atomic E-state index is 13.4. The summed E-state index contributed by atoms with van der Waals surface area (Å²) < 4.78 is 30.5. The molecule has 1 aliphatic rings. The summed E-state index contributed by atoms with van der Waals surface area (Å²) in [6, 6.07) is 6.77. The van der Waals surface area contributed by atoms with Crippen molar-refractivity contribution in [1.82, 2.24) is 9.97 Å². The van der Waals surface area contributed by atoms with Crippen LogP contribution < -0.4 is 11.2 Å². The fourth-order valence-corrected chi connectivity index (χ4v) is 5.71. The lowest BCUT2D eigenvalue weighted by molar-refractivity contribution is 0.0853. The number of nitrogens with zero attached hydrogens (tertiary/aromatic N) is 2. The highest BCUT2D eigenvalue weighted by molar-refractivity contribution is 7.61. The fraction of sp³-hybridized carbons (Fsp3) is 0.350. The van der Waals surface area contributed by atoms with Crippen molar-refractivity contribution in [2.75, 3.05) is 12.3 Å². The van der Waals surface area contributed by atoms with Crippen molar-refractivity contribution in [2.24, 2.45) is 5.41 Å². The van der Waals surface area contributed by atoms with Crippen LogP contribution in [0, 0.1) is 5.41 Å². The molecule has 0 bridgehead atoms. The van der Waals surface area contributed by atoms with Gasteiger partial charge in [0.05, 0.1) is 12.7 Å². The van der Waals surface area contributed by atoms with E-state index in [0.717, 1.165) is 16.9 Å². The van der Waals surface area contributed by atoms with Gasteiger partial charge in [-0.2, -0.15) is 0 Å². The van der Waals surface area contributed by atoms with Gasteiger partial charge in [0, 0.05) is 24.2 Å². The van der Waals surface area contributed by atoms with Crippen LogP contribution in [0.1, 0.15) is 48.5 Å². The summed E-state index contributed by atoms with van der Waals surface area (Å²) in [5.74, 6) is 0.193. The molecule has 3 aromatic heterocycles. The largest absolute Gasteiger partial charge is 0.446 e. The summed E-state index contributed by atoms with van der Waals surface area (Å²) in [6.45, 7) is 5.73. The maximum atomic E-state index is 13.4. The Bertz CT molecular complexity index is 1120. The van der Waals surface area contributed by atoms with Crippen molar-refractivity contribution in [1.29, 1.82) is 0 Å². The Hall–Kier alpha value is -2.32. The van der Waals surface area contributed by atoms with Gasteiger partial charge in [0.2, 0.25) is 5.50 Å². The van der Waals surface area contributed by atoms with E-state index in [1.165, 1.54) is 6.07 Å². The predicted molar refractivity (Wildman–Crippen MR) is 114 cm³/mol. The number of carbonyl (C=O) groups is 1. The second-order valence-corrected chi connectivity index (χ2v) is 10.9. The van der Waals surface area contributed by atoms with Crippen molar-refractivity contribution < 1.29 is 22.8 Å². The number of furan rings is 1. The minimum absolute atomic E-state index is 0.0667. The number of pyridine rings is 1. The van der Waals surface area contributed by atoms with Gasteiger partial charge in [0.15, 0.2) is 16.7 Å². The summed E-state index contributed by atoms with van der Waals surface area (Å²) in [7, 11) is -3.68. The number of nitrogen functional groups attached to an aromatic ring is 1. The molecular formula is C20H22N3O5PS. The molecule has 0 aromatic carbocycles. The van der Waals surface area contributed by atoms with Crippen molar-refractivity contribution in [2.45, 2.75) is 33.3 Å². The smallest absolute Gasteiger partial charge is 0.396 e. The number of carbonyl (C=O) groups excluding carboxylic acids is 1. The van der Waals surface area contributed by atoms with Crippen LogP contribution in [0.15, 0.2) is 41.1 Å². The monoisotopic (exact) mass is 447 g/mol. The number of ketones is 1. The number of anilines is 1. The Balaban J connectivity index is 1.65. The number of Topliss-reactive ketones (excluding diaryl/α,β-unsaturated/α-hetero) is 1. The van der Waals surface area contributed by atoms with E-state index in [9.17, 15) is 9.36 Å². The lowest BCUT2D eigenvalue weighted by atomic mass is 9.89. The lowest BCUT2D eigenvalue weighted by Crippen LogP contribution is -2.20. The number of hydrogen-bond donors (Lipinski definition) is 1. The Morgan fingerprint density at radius 1 is 1.23 bits per heavy atom. The first-order valence-corrected chi connectivity index (χ1v) is 11.8. The number of thiazole rings is 1. The van der Waals surface area contributed by atoms with Gasteiger partial charge < -0.3 is 14.7 Å². The second kappa shape index (κ2) is 7.74. The van der Waals surface area contributed by atoms with E-state index in [2.05, 4.69) is 9.97 Å². The lowest BCUT2D eigenvalue weighted by Gasteiger charge is -2.28. The minimum Gasteiger partial charge on any atom is -0.446 e. The standard InChI is InChI=1S/C20H22N3O5PS/c1-20(2,3)18(24)17-16(23-19(21)30-17)14-4-5-15(27-14)29(25)26-11-8-13(28-29)12-6-9-22-10-7-12/h4-7,9-10,13H,8,11H2,1-3H3,(H2,21,23)/t13-,29?/m0/s1. The highest BCUT2D eigenvalue weighted by Gasteiger charge is 2.40. The summed E-state index contributed by atoms with van der Waals surface area (Å²) in [5.41, 5.74) is 6.52. The SMILES string of the molecule is CC(C)(C)C(=O)c1sc(N)nc1-c1ccc(P2(=O)OCC[C@@H](c3ccncc3)O2)o1. The summed E-state index contributed by atoms with van der Waals surface area (Å²) >= 11 is 1.11. The number of aromatic nitrogens is 2. The van der Waals surface area contributed by atoms with Crippen LogP contribution in [-0.4, -0.2) is 22.4 Å². The molecule has 0 spiro atoms. The van der Waals surface area contributed by atoms with E-state index in [-0.39, 0.29) is 23.0 Å². The first kappa shape index (κ1) is 20.9. The van der Waals surface area contributed by atoms with E-state index >= 15 is 0 Å². The van der Waals surface area contributed by atoms with Gasteiger partial charge in [-0.15, -0.1) is 0 Å². The molecule has 1 saturated heterocycles. The Morgan fingerprint density at radius 3 is 2.67 bits per heavy atom. The first-order chi connectivity index (χ1) is 14.2. The van der Waals surface area contributed by atoms with Gasteiger partial charge in [-0.25, -0.2) is 4.98 Å². The van der Waals surface area contributed by atoms with Crippen LogP contribution in [0.2, 0.25) is 0 Å². The Kier molecular flexibility index (Phi) is 5.40. The van der Waals surface area contributed by atoms with Crippen LogP contribution >= 0.6 is 18.9 Å². The molecule has 0 saturated carbocycles. The second-order valence-electron chi connectivity index (χ2n) is 7.94. The molecule has 10 heteroatoms. The fourth-order valence-electron chi connectivity index (χ4n) is 3.05. The van der Waals surface area contributed by atoms with Crippen molar-refractivity contribution in [3.05, 3.63) is 47.1 Å². The van der Waals surface area contributed by atoms with E-state index in [4.69, 9.17) is 19.2 Å². The zero-order valence-corrected chi connectivity index (χ0v) is 18.5. The Morgan fingerprint density at radius 2 is 1.97 bits per heavy atom. The van der Waals surface area contributed by atoms with Crippen LogP contribution in [-0.2, 0) is 13.6 Å². The average Bonchev–Trinajstić information content (AvgIpc) is 3.34. The summed E-state index contributed by atoms with van der Waals surface area (Å²) in [6.07, 6.45) is 3.48. The predicted octanol–water partition coefficient (Wildman–Crippen LogP) is 4.61. The van der Waals surface area contributed by atoms with Crippen molar-refractivity contribution in [3.63, 3.8) is 0 Å². The first-order valence-electron chi connectivity index (χ1n) is 9.42. The van der Waals surface area contributed by atoms with Gasteiger partial charge in [-0.3, -0.25) is 18.9 Å². The minimum atomic E-state index is -3.68. The van der Waals surface area contributed by atoms with E-state index in [0.29, 0.717) is 22.8 Å². The molecule has 3 aromatic rings. The van der Waals surface area contributed by atoms with Gasteiger partial charge in [-0.1, -0.05) is 32.1 Å². The number of nitrogens with two attached hydrogens (primary N) is 1. The van der Waals surface area contributed by atoms with Gasteiger partial charge in [0.1, 0.15) is 10.6 Å². The molecule has 8 nitrogen and oxygen atoms in total. The maximum Gasteiger partial charge on any atom is 0.396 e. The van der Waals surface area contributed by atoms with Gasteiger partial charge in [-0.05, 0) is 29.8 Å². The molecular weight excluding hydrogens is 425 g/mol. The normalized spacial score (nSPS) is 22.2. The van der Waals surface area contributed by atoms with Crippen LogP contribution in [0.25, 0.3) is 11.5 Å². The van der Waals surface area contributed by atoms with E-state index < -0.39 is 19.1 Å². The van der Waals surface area contributed by atoms with E-state index in [1.54, 1.807) is 18.5 Å². The zero-order valence-electron chi connectivity index (χ0n) is 16.8. The molecule has 1 fully saturated rings. The summed E-state index contributed by atoms with van der Waals surface area (Å²) in [5, 5.41) is 0.255. The van der Waals surface area contributed by atoms with Crippen LogP contribution in [0.4, 0.5) is 5.13 Å².